The third-order valence-corrected chi connectivity index (χ3v) is 13.3. The van der Waals surface area contributed by atoms with Crippen molar-refractivity contribution >= 4 is 46.8 Å². The Hall–Kier alpha value is -6.36. The molecule has 10 heteroatoms. The second kappa shape index (κ2) is 16.5. The molecule has 0 spiro atoms. The van der Waals surface area contributed by atoms with Gasteiger partial charge in [-0.3, -0.25) is 0 Å². The van der Waals surface area contributed by atoms with Crippen molar-refractivity contribution in [1.82, 2.24) is 0 Å². The normalized spacial score (nSPS) is 16.3. The van der Waals surface area contributed by atoms with E-state index in [1.807, 2.05) is 47.8 Å². The Labute approximate surface area is 351 Å². The Kier molecular flexibility index (Phi) is 10.7. The molecule has 3 aliphatic rings. The van der Waals surface area contributed by atoms with E-state index in [0.717, 1.165) is 34.7 Å². The Morgan fingerprint density at radius 1 is 0.525 bits per heavy atom. The lowest BCUT2D eigenvalue weighted by atomic mass is 9.67. The maximum atomic E-state index is 11.4. The van der Waals surface area contributed by atoms with Crippen LogP contribution in [0.5, 0.6) is 11.5 Å². The lowest BCUT2D eigenvalue weighted by Crippen LogP contribution is -2.30. The van der Waals surface area contributed by atoms with Crippen LogP contribution in [-0.4, -0.2) is 38.4 Å². The molecule has 2 unspecified atom stereocenters. The van der Waals surface area contributed by atoms with Crippen molar-refractivity contribution < 1.29 is 28.5 Å². The number of nitrogens with one attached hydrogen (secondary N) is 2. The SMILES string of the molecule is C=CC(=O)OCCOc1ccc(C2Nc3cccc(C4(c5cccc6c5SC(c5ccc(OCCOC(=O)C=C)cc5)N6)c5ccccc5-c5ccccc54)c3S2)cc1. The molecule has 8 nitrogen and oxygen atoms in total. The fourth-order valence-corrected chi connectivity index (χ4v) is 10.8. The topological polar surface area (TPSA) is 95.1 Å². The molecule has 0 radical (unpaired) electrons. The van der Waals surface area contributed by atoms with Crippen molar-refractivity contribution in [2.45, 2.75) is 26.0 Å². The highest BCUT2D eigenvalue weighted by atomic mass is 32.2. The fourth-order valence-electron chi connectivity index (χ4n) is 8.19. The summed E-state index contributed by atoms with van der Waals surface area (Å²) < 4.78 is 21.8. The van der Waals surface area contributed by atoms with Gasteiger partial charge in [-0.25, -0.2) is 9.59 Å². The second-order valence-corrected chi connectivity index (χ2v) is 16.3. The molecule has 0 fully saturated rings. The first-order valence-corrected chi connectivity index (χ1v) is 21.1. The lowest BCUT2D eigenvalue weighted by Gasteiger charge is -2.36. The molecule has 0 amide bonds. The van der Waals surface area contributed by atoms with E-state index in [1.165, 1.54) is 43.2 Å². The minimum atomic E-state index is -0.615. The highest BCUT2D eigenvalue weighted by molar-refractivity contribution is 8.00. The van der Waals surface area contributed by atoms with Crippen LogP contribution in [0.4, 0.5) is 11.4 Å². The highest BCUT2D eigenvalue weighted by Crippen LogP contribution is 2.63. The molecule has 1 aliphatic carbocycles. The third kappa shape index (κ3) is 7.12. The van der Waals surface area contributed by atoms with E-state index < -0.39 is 17.4 Å². The van der Waals surface area contributed by atoms with Crippen molar-refractivity contribution in [1.29, 1.82) is 0 Å². The smallest absolute Gasteiger partial charge is 0.330 e. The number of carbonyl (C=O) groups is 2. The third-order valence-electron chi connectivity index (χ3n) is 10.7. The monoisotopic (exact) mass is 816 g/mol. The number of esters is 2. The molecule has 0 saturated carbocycles. The van der Waals surface area contributed by atoms with Gasteiger partial charge < -0.3 is 29.6 Å². The molecule has 0 saturated heterocycles. The molecule has 6 aromatic rings. The van der Waals surface area contributed by atoms with Gasteiger partial charge in [-0.15, -0.1) is 0 Å². The Bertz CT molecular complexity index is 2400. The van der Waals surface area contributed by atoms with Gasteiger partial charge >= 0.3 is 11.9 Å². The summed E-state index contributed by atoms with van der Waals surface area (Å²) in [6.07, 6.45) is 2.29. The van der Waals surface area contributed by atoms with Crippen molar-refractivity contribution in [3.63, 3.8) is 0 Å². The van der Waals surface area contributed by atoms with Crippen LogP contribution in [0.25, 0.3) is 11.1 Å². The van der Waals surface area contributed by atoms with E-state index in [-0.39, 0.29) is 37.2 Å². The van der Waals surface area contributed by atoms with E-state index in [0.29, 0.717) is 11.5 Å². The van der Waals surface area contributed by atoms with E-state index in [9.17, 15) is 9.59 Å². The van der Waals surface area contributed by atoms with Gasteiger partial charge in [-0.2, -0.15) is 0 Å². The molecule has 2 atom stereocenters. The van der Waals surface area contributed by atoms with Crippen molar-refractivity contribution in [3.8, 4) is 22.6 Å². The quantitative estimate of drug-likeness (QED) is 0.0628. The summed E-state index contributed by atoms with van der Waals surface area (Å²) in [4.78, 5) is 25.2. The maximum Gasteiger partial charge on any atom is 0.330 e. The number of hydrogen-bond donors (Lipinski definition) is 2. The van der Waals surface area contributed by atoms with Crippen molar-refractivity contribution in [3.05, 3.63) is 192 Å². The molecular weight excluding hydrogens is 777 g/mol. The Balaban J connectivity index is 1.05. The number of anilines is 2. The van der Waals surface area contributed by atoms with Gasteiger partial charge in [-0.05, 0) is 80.9 Å². The van der Waals surface area contributed by atoms with E-state index >= 15 is 0 Å². The average Bonchev–Trinajstić information content (AvgIpc) is 4.00. The average molecular weight is 817 g/mol. The summed E-state index contributed by atoms with van der Waals surface area (Å²) in [6, 6.07) is 47.2. The lowest BCUT2D eigenvalue weighted by molar-refractivity contribution is -0.139. The second-order valence-electron chi connectivity index (χ2n) is 14.1. The zero-order chi connectivity index (χ0) is 40.3. The van der Waals surface area contributed by atoms with Gasteiger partial charge in [0.25, 0.3) is 0 Å². The van der Waals surface area contributed by atoms with Crippen LogP contribution in [0, 0.1) is 0 Å². The number of ether oxygens (including phenoxy) is 4. The highest BCUT2D eigenvalue weighted by Gasteiger charge is 2.50. The van der Waals surface area contributed by atoms with Crippen LogP contribution >= 0.6 is 23.5 Å². The summed E-state index contributed by atoms with van der Waals surface area (Å²) in [5.74, 6) is 0.482. The molecule has 59 heavy (non-hydrogen) atoms. The van der Waals surface area contributed by atoms with E-state index in [4.69, 9.17) is 18.9 Å². The fraction of sp³-hybridized carbons (Fsp3) is 0.143. The summed E-state index contributed by atoms with van der Waals surface area (Å²) in [5, 5.41) is 7.63. The van der Waals surface area contributed by atoms with Crippen molar-refractivity contribution in [2.24, 2.45) is 0 Å². The van der Waals surface area contributed by atoms with Gasteiger partial charge in [0.2, 0.25) is 0 Å². The molecule has 2 aliphatic heterocycles. The summed E-state index contributed by atoms with van der Waals surface area (Å²) in [5.41, 5.74) is 11.3. The molecule has 0 bridgehead atoms. The minimum absolute atomic E-state index is 0.0197. The number of carbonyl (C=O) groups excluding carboxylic acids is 2. The molecule has 9 rings (SSSR count). The van der Waals surface area contributed by atoms with Crippen LogP contribution in [0.2, 0.25) is 0 Å². The maximum absolute atomic E-state index is 11.4. The first-order valence-electron chi connectivity index (χ1n) is 19.3. The predicted octanol–water partition coefficient (Wildman–Crippen LogP) is 10.7. The van der Waals surface area contributed by atoms with Gasteiger partial charge in [0.15, 0.2) is 0 Å². The molecule has 2 heterocycles. The molecule has 0 aromatic heterocycles. The largest absolute Gasteiger partial charge is 0.490 e. The zero-order valence-electron chi connectivity index (χ0n) is 32.0. The van der Waals surface area contributed by atoms with Gasteiger partial charge in [0.05, 0.1) is 5.41 Å². The molecule has 2 N–H and O–H groups in total. The molecule has 6 aromatic carbocycles. The number of hydrogen-bond acceptors (Lipinski definition) is 10. The van der Waals surface area contributed by atoms with Crippen molar-refractivity contribution in [2.75, 3.05) is 37.1 Å². The zero-order valence-corrected chi connectivity index (χ0v) is 33.7. The predicted molar refractivity (Wildman–Crippen MR) is 234 cm³/mol. The first kappa shape index (κ1) is 38.2. The summed E-state index contributed by atoms with van der Waals surface area (Å²) in [7, 11) is 0. The van der Waals surface area contributed by atoms with Crippen LogP contribution in [0.15, 0.2) is 169 Å². The molecule has 294 valence electrons. The van der Waals surface area contributed by atoms with E-state index in [1.54, 1.807) is 0 Å². The van der Waals surface area contributed by atoms with Gasteiger partial charge in [0.1, 0.15) is 48.7 Å². The number of thioether (sulfide) groups is 2. The van der Waals surface area contributed by atoms with E-state index in [2.05, 4.69) is 133 Å². The van der Waals surface area contributed by atoms with Crippen LogP contribution in [-0.2, 0) is 24.5 Å². The summed E-state index contributed by atoms with van der Waals surface area (Å²) >= 11 is 3.68. The number of benzene rings is 6. The summed E-state index contributed by atoms with van der Waals surface area (Å²) in [6.45, 7) is 7.68. The van der Waals surface area contributed by atoms with Crippen LogP contribution < -0.4 is 20.1 Å². The van der Waals surface area contributed by atoms with Crippen LogP contribution in [0.1, 0.15) is 44.1 Å². The van der Waals surface area contributed by atoms with Gasteiger partial charge in [-0.1, -0.05) is 134 Å². The minimum Gasteiger partial charge on any atom is -0.490 e. The van der Waals surface area contributed by atoms with Crippen LogP contribution in [0.3, 0.4) is 0 Å². The standard InChI is InChI=1S/C49H40N2O6S2/c1-3-43(52)56-29-27-54-33-23-19-31(20-24-33)47-50-41-17-9-15-39(45(41)58-47)49(37-13-7-5-11-35(37)36-12-6-8-14-38(36)49)40-16-10-18-42-46(40)59-48(51-42)32-21-25-34(26-22-32)55-28-30-57-44(53)4-2/h3-26,47-48,50-51H,1-2,27-30H2. The first-order chi connectivity index (χ1) is 29.0. The number of rotatable bonds is 14. The molecular formula is C49H40N2O6S2. The number of fused-ring (bicyclic) bond motifs is 5. The Morgan fingerprint density at radius 2 is 0.932 bits per heavy atom. The Morgan fingerprint density at radius 3 is 1.36 bits per heavy atom. The van der Waals surface area contributed by atoms with Gasteiger partial charge in [0, 0.05) is 33.3 Å².